The van der Waals surface area contributed by atoms with Crippen LogP contribution < -0.4 is 5.32 Å². The fraction of sp³-hybridized carbons (Fsp3) is 0. The van der Waals surface area contributed by atoms with Gasteiger partial charge in [0.1, 0.15) is 0 Å². The van der Waals surface area contributed by atoms with Crippen molar-refractivity contribution in [2.45, 2.75) is 0 Å². The molecule has 21 heavy (non-hydrogen) atoms. The zero-order valence-corrected chi connectivity index (χ0v) is 13.6. The first-order valence-corrected chi connectivity index (χ1v) is 7.88. The van der Waals surface area contributed by atoms with Gasteiger partial charge in [0.2, 0.25) is 0 Å². The van der Waals surface area contributed by atoms with E-state index < -0.39 is 5.97 Å². The number of anilines is 2. The van der Waals surface area contributed by atoms with E-state index in [-0.39, 0.29) is 5.56 Å². The summed E-state index contributed by atoms with van der Waals surface area (Å²) in [7, 11) is 0. The van der Waals surface area contributed by atoms with Gasteiger partial charge in [-0.2, -0.15) is 0 Å². The Balaban J connectivity index is 2.04. The van der Waals surface area contributed by atoms with Gasteiger partial charge in [0.05, 0.1) is 21.5 Å². The van der Waals surface area contributed by atoms with Gasteiger partial charge in [0.15, 0.2) is 5.13 Å². The van der Waals surface area contributed by atoms with Crippen LogP contribution in [0.1, 0.15) is 10.4 Å². The molecular formula is C14H8BrClN2O2S. The molecule has 0 amide bonds. The highest BCUT2D eigenvalue weighted by atomic mass is 79.9. The number of carboxylic acids is 1. The highest BCUT2D eigenvalue weighted by molar-refractivity contribution is 9.10. The fourth-order valence-corrected chi connectivity index (χ4v) is 3.50. The van der Waals surface area contributed by atoms with Crippen LogP contribution in [0.4, 0.5) is 10.8 Å². The minimum absolute atomic E-state index is 0.182. The van der Waals surface area contributed by atoms with E-state index in [9.17, 15) is 9.90 Å². The average Bonchev–Trinajstić information content (AvgIpc) is 2.82. The van der Waals surface area contributed by atoms with Crippen LogP contribution in [0.25, 0.3) is 10.2 Å². The number of aromatic nitrogens is 1. The monoisotopic (exact) mass is 382 g/mol. The number of rotatable bonds is 3. The van der Waals surface area contributed by atoms with E-state index in [4.69, 9.17) is 11.6 Å². The number of hydrogen-bond acceptors (Lipinski definition) is 4. The van der Waals surface area contributed by atoms with Crippen molar-refractivity contribution < 1.29 is 9.90 Å². The third-order valence-electron chi connectivity index (χ3n) is 2.83. The van der Waals surface area contributed by atoms with Gasteiger partial charge < -0.3 is 10.4 Å². The van der Waals surface area contributed by atoms with E-state index in [2.05, 4.69) is 26.2 Å². The molecule has 0 fully saturated rings. The minimum atomic E-state index is -0.997. The molecule has 1 heterocycles. The first-order valence-electron chi connectivity index (χ1n) is 5.89. The third kappa shape index (κ3) is 2.88. The highest BCUT2D eigenvalue weighted by Crippen LogP contribution is 2.34. The molecule has 3 aromatic rings. The lowest BCUT2D eigenvalue weighted by Crippen LogP contribution is -2.03. The summed E-state index contributed by atoms with van der Waals surface area (Å²) in [5, 5.41) is 13.6. The van der Waals surface area contributed by atoms with E-state index in [1.807, 2.05) is 12.1 Å². The number of nitrogens with zero attached hydrogens (tertiary/aromatic N) is 1. The lowest BCUT2D eigenvalue weighted by molar-refractivity contribution is 0.0698. The molecule has 0 aliphatic heterocycles. The summed E-state index contributed by atoms with van der Waals surface area (Å²) in [5.41, 5.74) is 1.48. The Kier molecular flexibility index (Phi) is 3.84. The van der Waals surface area contributed by atoms with Crippen LogP contribution in [-0.4, -0.2) is 16.1 Å². The molecule has 106 valence electrons. The van der Waals surface area contributed by atoms with Gasteiger partial charge in [0, 0.05) is 9.50 Å². The lowest BCUT2D eigenvalue weighted by Gasteiger charge is -2.08. The normalized spacial score (nSPS) is 10.8. The predicted molar refractivity (Wildman–Crippen MR) is 89.0 cm³/mol. The van der Waals surface area contributed by atoms with Crippen molar-refractivity contribution in [3.8, 4) is 0 Å². The molecule has 0 spiro atoms. The zero-order valence-electron chi connectivity index (χ0n) is 10.4. The van der Waals surface area contributed by atoms with Crippen LogP contribution in [0.2, 0.25) is 5.02 Å². The first-order chi connectivity index (χ1) is 10.0. The molecule has 0 bridgehead atoms. The first kappa shape index (κ1) is 14.3. The van der Waals surface area contributed by atoms with Gasteiger partial charge in [-0.15, -0.1) is 0 Å². The maximum atomic E-state index is 11.3. The van der Waals surface area contributed by atoms with Crippen LogP contribution >= 0.6 is 38.9 Å². The molecule has 4 nitrogen and oxygen atoms in total. The molecule has 7 heteroatoms. The van der Waals surface area contributed by atoms with Crippen molar-refractivity contribution in [2.75, 3.05) is 5.32 Å². The molecule has 1 aromatic heterocycles. The van der Waals surface area contributed by atoms with Crippen molar-refractivity contribution >= 4 is 65.9 Å². The van der Waals surface area contributed by atoms with Gasteiger partial charge in [-0.1, -0.05) is 29.0 Å². The molecular weight excluding hydrogens is 376 g/mol. The number of thiazole rings is 1. The SMILES string of the molecule is O=C(O)c1cccc(Br)c1Nc1nc2ccc(Cl)cc2s1. The summed E-state index contributed by atoms with van der Waals surface area (Å²) < 4.78 is 1.61. The molecule has 0 saturated heterocycles. The van der Waals surface area contributed by atoms with Crippen molar-refractivity contribution in [2.24, 2.45) is 0 Å². The summed E-state index contributed by atoms with van der Waals surface area (Å²) >= 11 is 10.7. The van der Waals surface area contributed by atoms with Gasteiger partial charge >= 0.3 is 5.97 Å². The van der Waals surface area contributed by atoms with Crippen LogP contribution in [0.15, 0.2) is 40.9 Å². The summed E-state index contributed by atoms with van der Waals surface area (Å²) in [4.78, 5) is 15.7. The number of nitrogens with one attached hydrogen (secondary N) is 1. The van der Waals surface area contributed by atoms with E-state index in [1.165, 1.54) is 11.3 Å². The van der Waals surface area contributed by atoms with E-state index in [0.717, 1.165) is 10.2 Å². The summed E-state index contributed by atoms with van der Waals surface area (Å²) in [6, 6.07) is 10.4. The number of benzene rings is 2. The minimum Gasteiger partial charge on any atom is -0.478 e. The van der Waals surface area contributed by atoms with E-state index >= 15 is 0 Å². The Labute approximate surface area is 137 Å². The number of carbonyl (C=O) groups is 1. The Morgan fingerprint density at radius 2 is 2.14 bits per heavy atom. The number of aromatic carboxylic acids is 1. The smallest absolute Gasteiger partial charge is 0.337 e. The maximum Gasteiger partial charge on any atom is 0.337 e. The lowest BCUT2D eigenvalue weighted by atomic mass is 10.2. The Morgan fingerprint density at radius 1 is 1.33 bits per heavy atom. The standard InChI is InChI=1S/C14H8BrClN2O2S/c15-9-3-1-2-8(13(19)20)12(9)18-14-17-10-5-4-7(16)6-11(10)21-14/h1-6H,(H,17,18)(H,19,20). The van der Waals surface area contributed by atoms with Crippen molar-refractivity contribution in [3.63, 3.8) is 0 Å². The summed E-state index contributed by atoms with van der Waals surface area (Å²) in [6.07, 6.45) is 0. The molecule has 2 aromatic carbocycles. The zero-order chi connectivity index (χ0) is 15.0. The van der Waals surface area contributed by atoms with Crippen LogP contribution in [0.5, 0.6) is 0 Å². The van der Waals surface area contributed by atoms with Gasteiger partial charge in [-0.3, -0.25) is 0 Å². The van der Waals surface area contributed by atoms with Gasteiger partial charge in [-0.25, -0.2) is 9.78 Å². The Hall–Kier alpha value is -1.63. The summed E-state index contributed by atoms with van der Waals surface area (Å²) in [5.74, 6) is -0.997. The Morgan fingerprint density at radius 3 is 2.90 bits per heavy atom. The molecule has 0 aliphatic rings. The van der Waals surface area contributed by atoms with Crippen molar-refractivity contribution in [1.29, 1.82) is 0 Å². The molecule has 0 atom stereocenters. The maximum absolute atomic E-state index is 11.3. The number of para-hydroxylation sites is 1. The number of halogens is 2. The Bertz CT molecular complexity index is 850. The van der Waals surface area contributed by atoms with Crippen LogP contribution in [-0.2, 0) is 0 Å². The quantitative estimate of drug-likeness (QED) is 0.656. The molecule has 0 aliphatic carbocycles. The van der Waals surface area contributed by atoms with E-state index in [1.54, 1.807) is 24.3 Å². The predicted octanol–water partition coefficient (Wildman–Crippen LogP) is 5.15. The van der Waals surface area contributed by atoms with E-state index in [0.29, 0.717) is 20.3 Å². The van der Waals surface area contributed by atoms with Gasteiger partial charge in [0.25, 0.3) is 0 Å². The third-order valence-corrected chi connectivity index (χ3v) is 4.66. The number of fused-ring (bicyclic) bond motifs is 1. The average molecular weight is 384 g/mol. The summed E-state index contributed by atoms with van der Waals surface area (Å²) in [6.45, 7) is 0. The second-order valence-electron chi connectivity index (χ2n) is 4.22. The second-order valence-corrected chi connectivity index (χ2v) is 6.55. The second kappa shape index (κ2) is 5.63. The fourth-order valence-electron chi connectivity index (χ4n) is 1.89. The van der Waals surface area contributed by atoms with Crippen LogP contribution in [0, 0.1) is 0 Å². The number of carboxylic acid groups (broad SMARTS) is 1. The molecule has 0 radical (unpaired) electrons. The molecule has 2 N–H and O–H groups in total. The topological polar surface area (TPSA) is 62.2 Å². The largest absolute Gasteiger partial charge is 0.478 e. The van der Waals surface area contributed by atoms with Gasteiger partial charge in [-0.05, 0) is 46.3 Å². The van der Waals surface area contributed by atoms with Crippen molar-refractivity contribution in [1.82, 2.24) is 4.98 Å². The number of hydrogen-bond donors (Lipinski definition) is 2. The molecule has 0 saturated carbocycles. The van der Waals surface area contributed by atoms with Crippen LogP contribution in [0.3, 0.4) is 0 Å². The highest BCUT2D eigenvalue weighted by Gasteiger charge is 2.14. The van der Waals surface area contributed by atoms with Crippen molar-refractivity contribution in [3.05, 3.63) is 51.5 Å². The molecule has 0 unspecified atom stereocenters. The molecule has 3 rings (SSSR count).